The largest absolute Gasteiger partial charge is 0.389 e. The van der Waals surface area contributed by atoms with E-state index >= 15 is 0 Å². The Kier molecular flexibility index (Phi) is 1.85. The third kappa shape index (κ3) is 0.982. The highest BCUT2D eigenvalue weighted by Gasteiger charge is 2.51. The van der Waals surface area contributed by atoms with Crippen LogP contribution in [0.4, 0.5) is 0 Å². The molecule has 0 aliphatic carbocycles. The van der Waals surface area contributed by atoms with Crippen LogP contribution >= 0.6 is 0 Å². The Labute approximate surface area is 69.9 Å². The van der Waals surface area contributed by atoms with Crippen molar-refractivity contribution in [2.75, 3.05) is 13.1 Å². The first-order valence-electron chi connectivity index (χ1n) is 4.07. The standard InChI is InChI=1S/C7H13NO4/c9-3-1-8-2-4(10)7(12)5(8)6(3)11/h3-7,9-12H,1-2H2/t3-,4+,5?,6-,7-/m1/s1. The molecule has 0 aromatic carbocycles. The van der Waals surface area contributed by atoms with Crippen molar-refractivity contribution in [3.05, 3.63) is 0 Å². The van der Waals surface area contributed by atoms with Crippen LogP contribution in [0.3, 0.4) is 0 Å². The van der Waals surface area contributed by atoms with Gasteiger partial charge in [-0.3, -0.25) is 4.90 Å². The molecule has 4 N–H and O–H groups in total. The number of nitrogens with zero attached hydrogens (tertiary/aromatic N) is 1. The van der Waals surface area contributed by atoms with Crippen LogP contribution in [-0.2, 0) is 0 Å². The van der Waals surface area contributed by atoms with Gasteiger partial charge in [0, 0.05) is 13.1 Å². The van der Waals surface area contributed by atoms with E-state index < -0.39 is 30.5 Å². The number of hydrogen-bond acceptors (Lipinski definition) is 5. The lowest BCUT2D eigenvalue weighted by Crippen LogP contribution is -2.41. The van der Waals surface area contributed by atoms with Crippen LogP contribution in [0.25, 0.3) is 0 Å². The second-order valence-corrected chi connectivity index (χ2v) is 3.56. The molecule has 12 heavy (non-hydrogen) atoms. The van der Waals surface area contributed by atoms with Crippen molar-refractivity contribution < 1.29 is 20.4 Å². The molecule has 0 bridgehead atoms. The molecule has 5 heteroatoms. The number of hydrogen-bond donors (Lipinski definition) is 4. The van der Waals surface area contributed by atoms with Crippen LogP contribution in [0.2, 0.25) is 0 Å². The summed E-state index contributed by atoms with van der Waals surface area (Å²) in [4.78, 5) is 1.71. The molecule has 2 saturated heterocycles. The Balaban J connectivity index is 2.15. The average molecular weight is 175 g/mol. The van der Waals surface area contributed by atoms with Gasteiger partial charge in [-0.2, -0.15) is 0 Å². The van der Waals surface area contributed by atoms with Crippen molar-refractivity contribution >= 4 is 0 Å². The molecule has 2 heterocycles. The zero-order valence-electron chi connectivity index (χ0n) is 6.54. The lowest BCUT2D eigenvalue weighted by Gasteiger charge is -2.19. The lowest BCUT2D eigenvalue weighted by molar-refractivity contribution is -0.0206. The van der Waals surface area contributed by atoms with Gasteiger partial charge in [0.05, 0.1) is 30.5 Å². The average Bonchev–Trinajstić information content (AvgIpc) is 2.40. The summed E-state index contributed by atoms with van der Waals surface area (Å²) in [5.74, 6) is 0. The van der Waals surface area contributed by atoms with E-state index in [4.69, 9.17) is 0 Å². The van der Waals surface area contributed by atoms with Gasteiger partial charge in [0.1, 0.15) is 0 Å². The predicted octanol–water partition coefficient (Wildman–Crippen LogP) is -2.87. The zero-order valence-corrected chi connectivity index (χ0v) is 6.54. The molecule has 0 radical (unpaired) electrons. The molecule has 5 nitrogen and oxygen atoms in total. The third-order valence-electron chi connectivity index (χ3n) is 2.75. The predicted molar refractivity (Wildman–Crippen MR) is 39.4 cm³/mol. The smallest absolute Gasteiger partial charge is 0.0992 e. The molecule has 0 aromatic rings. The van der Waals surface area contributed by atoms with Gasteiger partial charge in [0.25, 0.3) is 0 Å². The molecule has 0 amide bonds. The molecular formula is C7H13NO4. The van der Waals surface area contributed by atoms with Gasteiger partial charge in [-0.1, -0.05) is 0 Å². The number of fused-ring (bicyclic) bond motifs is 1. The third-order valence-corrected chi connectivity index (χ3v) is 2.75. The highest BCUT2D eigenvalue weighted by atomic mass is 16.4. The van der Waals surface area contributed by atoms with E-state index in [2.05, 4.69) is 0 Å². The molecule has 2 rings (SSSR count). The van der Waals surface area contributed by atoms with Gasteiger partial charge in [-0.25, -0.2) is 0 Å². The SMILES string of the molecule is O[C@@H]1CN2C[C@H](O)[C@@H](O)C2[C@@H]1O. The second-order valence-electron chi connectivity index (χ2n) is 3.56. The van der Waals surface area contributed by atoms with Gasteiger partial charge in [-0.05, 0) is 0 Å². The van der Waals surface area contributed by atoms with E-state index in [0.29, 0.717) is 13.1 Å². The summed E-state index contributed by atoms with van der Waals surface area (Å²) in [5.41, 5.74) is 0. The molecule has 0 spiro atoms. The van der Waals surface area contributed by atoms with E-state index in [1.807, 2.05) is 0 Å². The summed E-state index contributed by atoms with van der Waals surface area (Å²) in [5, 5.41) is 37.2. The molecule has 70 valence electrons. The van der Waals surface area contributed by atoms with E-state index in [1.54, 1.807) is 4.90 Å². The first-order valence-corrected chi connectivity index (χ1v) is 4.07. The summed E-state index contributed by atoms with van der Waals surface area (Å²) in [6.45, 7) is 0.667. The Morgan fingerprint density at radius 1 is 0.833 bits per heavy atom. The summed E-state index contributed by atoms with van der Waals surface area (Å²) < 4.78 is 0. The van der Waals surface area contributed by atoms with E-state index in [1.165, 1.54) is 0 Å². The van der Waals surface area contributed by atoms with E-state index in [0.717, 1.165) is 0 Å². The van der Waals surface area contributed by atoms with Crippen LogP contribution in [0.5, 0.6) is 0 Å². The van der Waals surface area contributed by atoms with Gasteiger partial charge in [0.2, 0.25) is 0 Å². The summed E-state index contributed by atoms with van der Waals surface area (Å²) >= 11 is 0. The van der Waals surface area contributed by atoms with Gasteiger partial charge < -0.3 is 20.4 Å². The van der Waals surface area contributed by atoms with Crippen molar-refractivity contribution in [3.8, 4) is 0 Å². The normalized spacial score (nSPS) is 54.5. The van der Waals surface area contributed by atoms with Gasteiger partial charge >= 0.3 is 0 Å². The number of aliphatic hydroxyl groups excluding tert-OH is 4. The Morgan fingerprint density at radius 3 is 1.58 bits per heavy atom. The minimum absolute atomic E-state index is 0.333. The second kappa shape index (κ2) is 2.65. The number of aliphatic hydroxyl groups is 4. The quantitative estimate of drug-likeness (QED) is 0.318. The first kappa shape index (κ1) is 8.40. The van der Waals surface area contributed by atoms with Crippen molar-refractivity contribution in [2.24, 2.45) is 0 Å². The molecular weight excluding hydrogens is 162 g/mol. The Hall–Kier alpha value is -0.200. The minimum atomic E-state index is -0.933. The lowest BCUT2D eigenvalue weighted by atomic mass is 10.0. The molecule has 0 aromatic heterocycles. The van der Waals surface area contributed by atoms with Crippen LogP contribution in [0.1, 0.15) is 0 Å². The van der Waals surface area contributed by atoms with Crippen molar-refractivity contribution in [3.63, 3.8) is 0 Å². The summed E-state index contributed by atoms with van der Waals surface area (Å²) in [6.07, 6.45) is -3.46. The maximum absolute atomic E-state index is 9.39. The fraction of sp³-hybridized carbons (Fsp3) is 1.00. The first-order chi connectivity index (χ1) is 5.61. The van der Waals surface area contributed by atoms with E-state index in [-0.39, 0.29) is 0 Å². The molecule has 2 fully saturated rings. The Morgan fingerprint density at radius 2 is 1.25 bits per heavy atom. The number of rotatable bonds is 0. The maximum atomic E-state index is 9.39. The summed E-state index contributed by atoms with van der Waals surface area (Å²) in [7, 11) is 0. The van der Waals surface area contributed by atoms with E-state index in [9.17, 15) is 20.4 Å². The molecule has 5 atom stereocenters. The van der Waals surface area contributed by atoms with Crippen molar-refractivity contribution in [1.29, 1.82) is 0 Å². The highest BCUT2D eigenvalue weighted by molar-refractivity contribution is 5.05. The fourth-order valence-electron chi connectivity index (χ4n) is 2.10. The summed E-state index contributed by atoms with van der Waals surface area (Å²) in [6, 6.07) is -0.491. The van der Waals surface area contributed by atoms with Crippen LogP contribution in [0, 0.1) is 0 Å². The van der Waals surface area contributed by atoms with Crippen LogP contribution in [-0.4, -0.2) is 68.9 Å². The fourth-order valence-corrected chi connectivity index (χ4v) is 2.10. The van der Waals surface area contributed by atoms with Gasteiger partial charge in [0.15, 0.2) is 0 Å². The highest BCUT2D eigenvalue weighted by Crippen LogP contribution is 2.28. The molecule has 1 unspecified atom stereocenters. The van der Waals surface area contributed by atoms with Crippen LogP contribution in [0.15, 0.2) is 0 Å². The molecule has 0 saturated carbocycles. The van der Waals surface area contributed by atoms with Crippen molar-refractivity contribution in [1.82, 2.24) is 4.90 Å². The molecule has 2 aliphatic heterocycles. The molecule has 2 aliphatic rings. The maximum Gasteiger partial charge on any atom is 0.0992 e. The van der Waals surface area contributed by atoms with Crippen molar-refractivity contribution in [2.45, 2.75) is 30.5 Å². The Bertz CT molecular complexity index is 170. The monoisotopic (exact) mass is 175 g/mol. The minimum Gasteiger partial charge on any atom is -0.389 e. The zero-order chi connectivity index (χ0) is 8.88. The van der Waals surface area contributed by atoms with Gasteiger partial charge in [-0.15, -0.1) is 0 Å². The topological polar surface area (TPSA) is 84.2 Å². The van der Waals surface area contributed by atoms with Crippen LogP contribution < -0.4 is 0 Å².